The Morgan fingerprint density at radius 3 is 2.17 bits per heavy atom. The summed E-state index contributed by atoms with van der Waals surface area (Å²) in [6.07, 6.45) is 6.43. The molecule has 0 amide bonds. The van der Waals surface area contributed by atoms with Gasteiger partial charge in [-0.05, 0) is 41.6 Å². The second-order valence-electron chi connectivity index (χ2n) is 6.22. The fourth-order valence-electron chi connectivity index (χ4n) is 1.15. The second-order valence-corrected chi connectivity index (χ2v) is 11.6. The maximum atomic E-state index is 6.08. The molecule has 0 fully saturated rings. The standard InChI is InChI=1S/C15H27IOSi/c1-13(11-14(2)12-16)9-8-10-17-18(6,7)15(3,4)5/h8-9,11-12H,10H2,1-7H3/b9-8+,13-11+,14-12+. The zero-order valence-corrected chi connectivity index (χ0v) is 16.0. The predicted octanol–water partition coefficient (Wildman–Crippen LogP) is 5.85. The summed E-state index contributed by atoms with van der Waals surface area (Å²) in [7, 11) is -1.60. The van der Waals surface area contributed by atoms with Crippen molar-refractivity contribution in [3.63, 3.8) is 0 Å². The minimum absolute atomic E-state index is 0.284. The maximum absolute atomic E-state index is 6.08. The van der Waals surface area contributed by atoms with Crippen LogP contribution in [0.5, 0.6) is 0 Å². The Bertz CT molecular complexity index is 346. The minimum atomic E-state index is -1.60. The summed E-state index contributed by atoms with van der Waals surface area (Å²) in [4.78, 5) is 0. The molecule has 0 aliphatic carbocycles. The molecule has 0 radical (unpaired) electrons. The molecule has 1 nitrogen and oxygen atoms in total. The van der Waals surface area contributed by atoms with E-state index in [0.29, 0.717) is 6.61 Å². The lowest BCUT2D eigenvalue weighted by molar-refractivity contribution is 0.328. The molecule has 0 aromatic carbocycles. The average Bonchev–Trinajstić information content (AvgIpc) is 2.22. The van der Waals surface area contributed by atoms with Crippen molar-refractivity contribution in [1.82, 2.24) is 0 Å². The third-order valence-electron chi connectivity index (χ3n) is 3.35. The quantitative estimate of drug-likeness (QED) is 0.331. The lowest BCUT2D eigenvalue weighted by Gasteiger charge is -2.35. The second kappa shape index (κ2) is 7.65. The lowest BCUT2D eigenvalue weighted by Crippen LogP contribution is -2.40. The largest absolute Gasteiger partial charge is 0.413 e. The Balaban J connectivity index is 4.33. The van der Waals surface area contributed by atoms with Crippen molar-refractivity contribution in [3.05, 3.63) is 33.5 Å². The molecule has 18 heavy (non-hydrogen) atoms. The Kier molecular flexibility index (Phi) is 7.71. The summed E-state index contributed by atoms with van der Waals surface area (Å²) < 4.78 is 8.17. The normalized spacial score (nSPS) is 15.6. The molecule has 0 aromatic heterocycles. The van der Waals surface area contributed by atoms with Crippen LogP contribution in [0.2, 0.25) is 18.1 Å². The van der Waals surface area contributed by atoms with Crippen molar-refractivity contribution in [2.24, 2.45) is 0 Å². The van der Waals surface area contributed by atoms with E-state index in [1.54, 1.807) is 0 Å². The smallest absolute Gasteiger partial charge is 0.192 e. The summed E-state index contributed by atoms with van der Waals surface area (Å²) in [5.41, 5.74) is 2.54. The Morgan fingerprint density at radius 1 is 1.17 bits per heavy atom. The highest BCUT2D eigenvalue weighted by Crippen LogP contribution is 2.36. The van der Waals surface area contributed by atoms with Gasteiger partial charge in [0.05, 0.1) is 6.61 Å². The van der Waals surface area contributed by atoms with Crippen LogP contribution >= 0.6 is 22.6 Å². The maximum Gasteiger partial charge on any atom is 0.192 e. The molecule has 0 saturated carbocycles. The van der Waals surface area contributed by atoms with Crippen LogP contribution in [-0.4, -0.2) is 14.9 Å². The van der Waals surface area contributed by atoms with E-state index in [1.807, 2.05) is 0 Å². The molecule has 0 saturated heterocycles. The highest BCUT2D eigenvalue weighted by molar-refractivity contribution is 14.1. The van der Waals surface area contributed by atoms with Gasteiger partial charge in [0.2, 0.25) is 0 Å². The van der Waals surface area contributed by atoms with E-state index in [0.717, 1.165) is 0 Å². The molecule has 3 heteroatoms. The van der Waals surface area contributed by atoms with Gasteiger partial charge < -0.3 is 4.43 Å². The van der Waals surface area contributed by atoms with Crippen LogP contribution in [0.25, 0.3) is 0 Å². The van der Waals surface area contributed by atoms with Crippen molar-refractivity contribution in [2.75, 3.05) is 6.61 Å². The van der Waals surface area contributed by atoms with Gasteiger partial charge in [0.1, 0.15) is 0 Å². The summed E-state index contributed by atoms with van der Waals surface area (Å²) in [6, 6.07) is 0. The lowest BCUT2D eigenvalue weighted by atomic mass is 10.2. The van der Waals surface area contributed by atoms with E-state index in [1.165, 1.54) is 11.1 Å². The molecule has 0 bridgehead atoms. The summed E-state index contributed by atoms with van der Waals surface area (Å²) >= 11 is 2.26. The minimum Gasteiger partial charge on any atom is -0.413 e. The van der Waals surface area contributed by atoms with Crippen LogP contribution in [-0.2, 0) is 4.43 Å². The summed E-state index contributed by atoms with van der Waals surface area (Å²) in [5, 5.41) is 0.284. The average molecular weight is 378 g/mol. The van der Waals surface area contributed by atoms with Gasteiger partial charge >= 0.3 is 0 Å². The molecule has 0 unspecified atom stereocenters. The molecule has 0 aromatic rings. The Labute approximate surface area is 128 Å². The molecule has 0 aliphatic heterocycles. The third kappa shape index (κ3) is 6.90. The molecular formula is C15H27IOSi. The summed E-state index contributed by atoms with van der Waals surface area (Å²) in [5.74, 6) is 0. The van der Waals surface area contributed by atoms with Crippen molar-refractivity contribution in [2.45, 2.75) is 52.8 Å². The fraction of sp³-hybridized carbons (Fsp3) is 0.600. The topological polar surface area (TPSA) is 9.23 Å². The van der Waals surface area contributed by atoms with Gasteiger partial charge in [-0.25, -0.2) is 0 Å². The number of allylic oxidation sites excluding steroid dienone is 4. The molecule has 0 heterocycles. The highest BCUT2D eigenvalue weighted by atomic mass is 127. The summed E-state index contributed by atoms with van der Waals surface area (Å²) in [6.45, 7) is 16.3. The van der Waals surface area contributed by atoms with E-state index < -0.39 is 8.32 Å². The molecular weight excluding hydrogens is 351 g/mol. The van der Waals surface area contributed by atoms with E-state index >= 15 is 0 Å². The van der Waals surface area contributed by atoms with Crippen LogP contribution in [0, 0.1) is 0 Å². The first-order chi connectivity index (χ1) is 8.10. The SMILES string of the molecule is CC(=C\I)/C=C(C)/C=C/CO[Si](C)(C)C(C)(C)C. The van der Waals surface area contributed by atoms with Crippen molar-refractivity contribution in [3.8, 4) is 0 Å². The van der Waals surface area contributed by atoms with Gasteiger partial charge in [-0.15, -0.1) is 0 Å². The van der Waals surface area contributed by atoms with Crippen LogP contribution in [0.1, 0.15) is 34.6 Å². The van der Waals surface area contributed by atoms with Crippen LogP contribution in [0.15, 0.2) is 33.5 Å². The van der Waals surface area contributed by atoms with Gasteiger partial charge in [0.15, 0.2) is 8.32 Å². The molecule has 0 spiro atoms. The number of hydrogen-bond donors (Lipinski definition) is 0. The number of rotatable bonds is 5. The molecule has 0 atom stereocenters. The highest BCUT2D eigenvalue weighted by Gasteiger charge is 2.36. The van der Waals surface area contributed by atoms with Gasteiger partial charge in [0, 0.05) is 0 Å². The first-order valence-corrected chi connectivity index (χ1v) is 10.5. The molecule has 104 valence electrons. The van der Waals surface area contributed by atoms with E-state index in [9.17, 15) is 0 Å². The zero-order chi connectivity index (χ0) is 14.4. The van der Waals surface area contributed by atoms with E-state index in [2.05, 4.69) is 92.6 Å². The monoisotopic (exact) mass is 378 g/mol. The fourth-order valence-corrected chi connectivity index (χ4v) is 2.27. The van der Waals surface area contributed by atoms with Gasteiger partial charge in [0.25, 0.3) is 0 Å². The predicted molar refractivity (Wildman–Crippen MR) is 93.8 cm³/mol. The number of hydrogen-bond acceptors (Lipinski definition) is 1. The number of halogens is 1. The molecule has 0 rings (SSSR count). The van der Waals surface area contributed by atoms with Crippen molar-refractivity contribution in [1.29, 1.82) is 0 Å². The Morgan fingerprint density at radius 2 is 1.72 bits per heavy atom. The van der Waals surface area contributed by atoms with Gasteiger partial charge in [-0.1, -0.05) is 67.2 Å². The van der Waals surface area contributed by atoms with Gasteiger partial charge in [-0.2, -0.15) is 0 Å². The van der Waals surface area contributed by atoms with Crippen molar-refractivity contribution >= 4 is 30.9 Å². The van der Waals surface area contributed by atoms with Crippen LogP contribution in [0.3, 0.4) is 0 Å². The van der Waals surface area contributed by atoms with Gasteiger partial charge in [-0.3, -0.25) is 0 Å². The molecule has 0 N–H and O–H groups in total. The first kappa shape index (κ1) is 18.1. The molecule has 0 aliphatic rings. The van der Waals surface area contributed by atoms with E-state index in [-0.39, 0.29) is 5.04 Å². The third-order valence-corrected chi connectivity index (χ3v) is 8.84. The zero-order valence-electron chi connectivity index (χ0n) is 12.8. The van der Waals surface area contributed by atoms with E-state index in [4.69, 9.17) is 4.43 Å². The Hall–Kier alpha value is 0.127. The first-order valence-electron chi connectivity index (χ1n) is 6.36. The van der Waals surface area contributed by atoms with Crippen LogP contribution in [0.4, 0.5) is 0 Å². The van der Waals surface area contributed by atoms with Crippen LogP contribution < -0.4 is 0 Å². The van der Waals surface area contributed by atoms with Crippen molar-refractivity contribution < 1.29 is 4.43 Å².